The molecule has 2 rings (SSSR count). The number of anilines is 1. The Morgan fingerprint density at radius 1 is 1.36 bits per heavy atom. The number of hydrogen-bond acceptors (Lipinski definition) is 9. The Kier molecular flexibility index (Phi) is 5.98. The zero-order chi connectivity index (χ0) is 15.9. The van der Waals surface area contributed by atoms with Crippen molar-refractivity contribution in [2.24, 2.45) is 0 Å². The van der Waals surface area contributed by atoms with Gasteiger partial charge in [-0.2, -0.15) is 0 Å². The lowest BCUT2D eigenvalue weighted by molar-refractivity contribution is -0.118. The number of aromatic nitrogens is 4. The zero-order valence-electron chi connectivity index (χ0n) is 11.5. The third-order valence-electron chi connectivity index (χ3n) is 2.26. The summed E-state index contributed by atoms with van der Waals surface area (Å²) in [4.78, 5) is 23.9. The number of carbonyl (C=O) groups excluding carboxylic acids is 2. The van der Waals surface area contributed by atoms with Gasteiger partial charge in [0.05, 0.1) is 11.4 Å². The Bertz CT molecular complexity index is 683. The van der Waals surface area contributed by atoms with Gasteiger partial charge in [-0.25, -0.2) is 0 Å². The minimum absolute atomic E-state index is 0.114. The van der Waals surface area contributed by atoms with Gasteiger partial charge >= 0.3 is 0 Å². The normalized spacial score (nSPS) is 10.2. The standard InChI is InChI=1S/C11H12N6O2S3/c1-3-4-12-7(18)5-20-11-16-15-10(21-11)13-9(19)8-6(2)14-17-22-8/h3H,1,4-5H2,2H3,(H,12,18)(H,13,15,19). The number of thioether (sulfide) groups is 1. The topological polar surface area (TPSA) is 110 Å². The summed E-state index contributed by atoms with van der Waals surface area (Å²) in [6.45, 7) is 5.66. The van der Waals surface area contributed by atoms with E-state index in [2.05, 4.69) is 37.0 Å². The average Bonchev–Trinajstić information content (AvgIpc) is 3.11. The second-order valence-corrected chi connectivity index (χ2v) is 6.85. The van der Waals surface area contributed by atoms with Gasteiger partial charge in [-0.1, -0.05) is 33.7 Å². The fourth-order valence-electron chi connectivity index (χ4n) is 1.28. The van der Waals surface area contributed by atoms with Crippen molar-refractivity contribution in [3.63, 3.8) is 0 Å². The van der Waals surface area contributed by atoms with Crippen molar-refractivity contribution >= 4 is 51.6 Å². The molecule has 116 valence electrons. The molecule has 0 spiro atoms. The molecule has 2 aromatic heterocycles. The van der Waals surface area contributed by atoms with E-state index in [9.17, 15) is 9.59 Å². The summed E-state index contributed by atoms with van der Waals surface area (Å²) in [6.07, 6.45) is 1.61. The van der Waals surface area contributed by atoms with Crippen LogP contribution in [0.15, 0.2) is 17.0 Å². The molecule has 0 fully saturated rings. The maximum absolute atomic E-state index is 12.0. The number of rotatable bonds is 7. The smallest absolute Gasteiger partial charge is 0.271 e. The number of amides is 2. The number of nitrogens with one attached hydrogen (secondary N) is 2. The van der Waals surface area contributed by atoms with Crippen LogP contribution in [-0.4, -0.2) is 43.9 Å². The van der Waals surface area contributed by atoms with Crippen molar-refractivity contribution < 1.29 is 9.59 Å². The zero-order valence-corrected chi connectivity index (χ0v) is 14.0. The minimum atomic E-state index is -0.316. The van der Waals surface area contributed by atoms with E-state index in [1.165, 1.54) is 23.1 Å². The van der Waals surface area contributed by atoms with Gasteiger partial charge in [0.15, 0.2) is 4.34 Å². The summed E-state index contributed by atoms with van der Waals surface area (Å²) in [6, 6.07) is 0. The van der Waals surface area contributed by atoms with Crippen LogP contribution in [0, 0.1) is 6.92 Å². The lowest BCUT2D eigenvalue weighted by atomic mass is 10.4. The molecule has 0 bridgehead atoms. The minimum Gasteiger partial charge on any atom is -0.352 e. The lowest BCUT2D eigenvalue weighted by Crippen LogP contribution is -2.24. The molecule has 0 radical (unpaired) electrons. The maximum atomic E-state index is 12.0. The first-order chi connectivity index (χ1) is 10.6. The van der Waals surface area contributed by atoms with E-state index >= 15 is 0 Å². The molecule has 2 heterocycles. The lowest BCUT2D eigenvalue weighted by Gasteiger charge is -1.99. The van der Waals surface area contributed by atoms with Crippen LogP contribution in [0.4, 0.5) is 5.13 Å². The number of carbonyl (C=O) groups is 2. The highest BCUT2D eigenvalue weighted by atomic mass is 32.2. The van der Waals surface area contributed by atoms with Crippen molar-refractivity contribution in [3.05, 3.63) is 23.2 Å². The second kappa shape index (κ2) is 7.96. The molecule has 0 aliphatic carbocycles. The maximum Gasteiger partial charge on any atom is 0.271 e. The predicted octanol–water partition coefficient (Wildman–Crippen LogP) is 1.34. The molecule has 11 heteroatoms. The highest BCUT2D eigenvalue weighted by molar-refractivity contribution is 8.01. The van der Waals surface area contributed by atoms with Crippen LogP contribution in [-0.2, 0) is 4.79 Å². The van der Waals surface area contributed by atoms with E-state index in [1.54, 1.807) is 13.0 Å². The Morgan fingerprint density at radius 2 is 2.18 bits per heavy atom. The van der Waals surface area contributed by atoms with Gasteiger partial charge < -0.3 is 5.32 Å². The molecule has 2 amide bonds. The second-order valence-electron chi connectivity index (χ2n) is 3.90. The summed E-state index contributed by atoms with van der Waals surface area (Å²) >= 11 is 3.48. The van der Waals surface area contributed by atoms with Crippen LogP contribution in [0.5, 0.6) is 0 Å². The first-order valence-corrected chi connectivity index (χ1v) is 8.62. The molecule has 0 unspecified atom stereocenters. The molecule has 0 atom stereocenters. The van der Waals surface area contributed by atoms with Crippen LogP contribution >= 0.6 is 34.6 Å². The van der Waals surface area contributed by atoms with Gasteiger partial charge in [0.2, 0.25) is 11.0 Å². The SMILES string of the molecule is C=CCNC(=O)CSc1nnc(NC(=O)c2snnc2C)s1. The number of aryl methyl sites for hydroxylation is 1. The Morgan fingerprint density at radius 3 is 2.86 bits per heavy atom. The van der Waals surface area contributed by atoms with E-state index in [-0.39, 0.29) is 17.6 Å². The van der Waals surface area contributed by atoms with Crippen LogP contribution in [0.1, 0.15) is 15.4 Å². The summed E-state index contributed by atoms with van der Waals surface area (Å²) in [5.74, 6) is -0.199. The van der Waals surface area contributed by atoms with E-state index < -0.39 is 0 Å². The summed E-state index contributed by atoms with van der Waals surface area (Å²) in [5, 5.41) is 17.2. The molecule has 22 heavy (non-hydrogen) atoms. The summed E-state index contributed by atoms with van der Waals surface area (Å²) < 4.78 is 4.31. The monoisotopic (exact) mass is 356 g/mol. The van der Waals surface area contributed by atoms with Crippen molar-refractivity contribution in [1.82, 2.24) is 25.1 Å². The Balaban J connectivity index is 1.86. The highest BCUT2D eigenvalue weighted by Gasteiger charge is 2.16. The van der Waals surface area contributed by atoms with Crippen LogP contribution in [0.2, 0.25) is 0 Å². The van der Waals surface area contributed by atoms with Crippen molar-refractivity contribution in [2.45, 2.75) is 11.3 Å². The summed E-state index contributed by atoms with van der Waals surface area (Å²) in [5.41, 5.74) is 0.570. The van der Waals surface area contributed by atoms with E-state index in [4.69, 9.17) is 0 Å². The third kappa shape index (κ3) is 4.58. The quantitative estimate of drug-likeness (QED) is 0.438. The molecule has 0 saturated carbocycles. The van der Waals surface area contributed by atoms with E-state index in [1.807, 2.05) is 0 Å². The van der Waals surface area contributed by atoms with Gasteiger partial charge in [-0.15, -0.1) is 21.9 Å². The van der Waals surface area contributed by atoms with Gasteiger partial charge in [0.1, 0.15) is 4.88 Å². The van der Waals surface area contributed by atoms with Gasteiger partial charge in [0.25, 0.3) is 5.91 Å². The molecule has 0 saturated heterocycles. The molecular formula is C11H12N6O2S3. The third-order valence-corrected chi connectivity index (χ3v) is 5.05. The van der Waals surface area contributed by atoms with Crippen LogP contribution < -0.4 is 10.6 Å². The molecule has 0 aliphatic rings. The number of hydrogen-bond donors (Lipinski definition) is 2. The molecule has 8 nitrogen and oxygen atoms in total. The predicted molar refractivity (Wildman–Crippen MR) is 86.4 cm³/mol. The highest BCUT2D eigenvalue weighted by Crippen LogP contribution is 2.25. The first kappa shape index (κ1) is 16.5. The van der Waals surface area contributed by atoms with Crippen molar-refractivity contribution in [2.75, 3.05) is 17.6 Å². The fraction of sp³-hybridized carbons (Fsp3) is 0.273. The van der Waals surface area contributed by atoms with Crippen molar-refractivity contribution in [1.29, 1.82) is 0 Å². The molecule has 2 aromatic rings. The Labute approximate surface area is 138 Å². The Hall–Kier alpha value is -1.85. The largest absolute Gasteiger partial charge is 0.352 e. The number of nitrogens with zero attached hydrogens (tertiary/aromatic N) is 4. The van der Waals surface area contributed by atoms with Crippen molar-refractivity contribution in [3.8, 4) is 0 Å². The molecular weight excluding hydrogens is 344 g/mol. The summed E-state index contributed by atoms with van der Waals surface area (Å²) in [7, 11) is 0. The average molecular weight is 356 g/mol. The van der Waals surface area contributed by atoms with E-state index in [0.29, 0.717) is 26.6 Å². The van der Waals surface area contributed by atoms with Crippen LogP contribution in [0.25, 0.3) is 0 Å². The van der Waals surface area contributed by atoms with Gasteiger partial charge in [-0.05, 0) is 18.5 Å². The molecule has 2 N–H and O–H groups in total. The molecule has 0 aliphatic heterocycles. The van der Waals surface area contributed by atoms with Gasteiger partial charge in [0, 0.05) is 6.54 Å². The van der Waals surface area contributed by atoms with E-state index in [0.717, 1.165) is 11.5 Å². The van der Waals surface area contributed by atoms with Crippen LogP contribution in [0.3, 0.4) is 0 Å². The first-order valence-electron chi connectivity index (χ1n) is 6.04. The molecule has 0 aromatic carbocycles. The van der Waals surface area contributed by atoms with Gasteiger partial charge in [-0.3, -0.25) is 14.9 Å². The fourth-order valence-corrected chi connectivity index (χ4v) is 3.41.